The van der Waals surface area contributed by atoms with Gasteiger partial charge in [0.15, 0.2) is 0 Å². The SMILES string of the molecule is CCOC(=O)CNC(=O)c1ccc[nH]c1=O. The van der Waals surface area contributed by atoms with E-state index in [0.29, 0.717) is 0 Å². The third-order valence-corrected chi connectivity index (χ3v) is 1.76. The predicted molar refractivity (Wildman–Crippen MR) is 56.0 cm³/mol. The zero-order valence-corrected chi connectivity index (χ0v) is 8.78. The highest BCUT2D eigenvalue weighted by molar-refractivity contribution is 5.95. The Labute approximate surface area is 91.6 Å². The molecule has 0 aliphatic heterocycles. The van der Waals surface area contributed by atoms with Crippen molar-refractivity contribution in [2.45, 2.75) is 6.92 Å². The maximum Gasteiger partial charge on any atom is 0.325 e. The van der Waals surface area contributed by atoms with Gasteiger partial charge in [0.25, 0.3) is 11.5 Å². The molecule has 0 saturated carbocycles. The number of esters is 1. The topological polar surface area (TPSA) is 88.3 Å². The number of carbonyl (C=O) groups excluding carboxylic acids is 2. The lowest BCUT2D eigenvalue weighted by Crippen LogP contribution is -2.33. The van der Waals surface area contributed by atoms with E-state index in [2.05, 4.69) is 15.0 Å². The lowest BCUT2D eigenvalue weighted by atomic mass is 10.2. The van der Waals surface area contributed by atoms with Crippen LogP contribution in [0.4, 0.5) is 0 Å². The van der Waals surface area contributed by atoms with Crippen molar-refractivity contribution in [3.8, 4) is 0 Å². The third kappa shape index (κ3) is 3.23. The summed E-state index contributed by atoms with van der Waals surface area (Å²) in [5.41, 5.74) is -0.532. The fourth-order valence-corrected chi connectivity index (χ4v) is 1.06. The number of carbonyl (C=O) groups is 2. The second-order valence-corrected chi connectivity index (χ2v) is 2.90. The average molecular weight is 224 g/mol. The smallest absolute Gasteiger partial charge is 0.325 e. The van der Waals surface area contributed by atoms with Crippen LogP contribution in [0.5, 0.6) is 0 Å². The highest BCUT2D eigenvalue weighted by Gasteiger charge is 2.10. The number of amides is 1. The Morgan fingerprint density at radius 1 is 1.50 bits per heavy atom. The van der Waals surface area contributed by atoms with Crippen LogP contribution in [0.15, 0.2) is 23.1 Å². The highest BCUT2D eigenvalue weighted by atomic mass is 16.5. The van der Waals surface area contributed by atoms with E-state index >= 15 is 0 Å². The number of H-pyrrole nitrogens is 1. The van der Waals surface area contributed by atoms with Gasteiger partial charge in [0.1, 0.15) is 12.1 Å². The van der Waals surface area contributed by atoms with Crippen LogP contribution in [-0.2, 0) is 9.53 Å². The van der Waals surface area contributed by atoms with E-state index < -0.39 is 17.4 Å². The molecule has 0 fully saturated rings. The summed E-state index contributed by atoms with van der Waals surface area (Å²) >= 11 is 0. The molecule has 6 heteroatoms. The van der Waals surface area contributed by atoms with Crippen molar-refractivity contribution in [2.75, 3.05) is 13.2 Å². The summed E-state index contributed by atoms with van der Waals surface area (Å²) in [6, 6.07) is 2.90. The minimum atomic E-state index is -0.602. The van der Waals surface area contributed by atoms with E-state index in [1.165, 1.54) is 18.3 Å². The number of ether oxygens (including phenoxy) is 1. The Morgan fingerprint density at radius 2 is 2.25 bits per heavy atom. The third-order valence-electron chi connectivity index (χ3n) is 1.76. The minimum absolute atomic E-state index is 0.0354. The van der Waals surface area contributed by atoms with Crippen LogP contribution < -0.4 is 10.9 Å². The second-order valence-electron chi connectivity index (χ2n) is 2.90. The van der Waals surface area contributed by atoms with Gasteiger partial charge < -0.3 is 15.0 Å². The Kier molecular flexibility index (Phi) is 4.26. The second kappa shape index (κ2) is 5.69. The van der Waals surface area contributed by atoms with Crippen molar-refractivity contribution in [3.05, 3.63) is 34.2 Å². The van der Waals surface area contributed by atoms with E-state index in [9.17, 15) is 14.4 Å². The molecule has 0 bridgehead atoms. The summed E-state index contributed by atoms with van der Waals surface area (Å²) in [4.78, 5) is 35.9. The van der Waals surface area contributed by atoms with Gasteiger partial charge in [0, 0.05) is 6.20 Å². The molecule has 1 amide bonds. The van der Waals surface area contributed by atoms with E-state index in [4.69, 9.17) is 0 Å². The zero-order valence-electron chi connectivity index (χ0n) is 8.78. The zero-order chi connectivity index (χ0) is 12.0. The van der Waals surface area contributed by atoms with Crippen molar-refractivity contribution in [3.63, 3.8) is 0 Å². The van der Waals surface area contributed by atoms with Gasteiger partial charge in [-0.05, 0) is 19.1 Å². The van der Waals surface area contributed by atoms with Crippen molar-refractivity contribution in [1.29, 1.82) is 0 Å². The molecule has 16 heavy (non-hydrogen) atoms. The molecule has 0 atom stereocenters. The molecule has 86 valence electrons. The monoisotopic (exact) mass is 224 g/mol. The molecule has 6 nitrogen and oxygen atoms in total. The molecule has 1 aromatic rings. The van der Waals surface area contributed by atoms with Gasteiger partial charge in [-0.15, -0.1) is 0 Å². The summed E-state index contributed by atoms with van der Waals surface area (Å²) in [6.07, 6.45) is 1.42. The number of nitrogens with one attached hydrogen (secondary N) is 2. The first-order valence-corrected chi connectivity index (χ1v) is 4.76. The first-order chi connectivity index (χ1) is 7.65. The van der Waals surface area contributed by atoms with Gasteiger partial charge in [-0.1, -0.05) is 0 Å². The van der Waals surface area contributed by atoms with Crippen LogP contribution in [0.1, 0.15) is 17.3 Å². The average Bonchev–Trinajstić information content (AvgIpc) is 2.27. The lowest BCUT2D eigenvalue weighted by Gasteiger charge is -2.03. The lowest BCUT2D eigenvalue weighted by molar-refractivity contribution is -0.141. The molecule has 1 rings (SSSR count). The number of hydrogen-bond acceptors (Lipinski definition) is 4. The first-order valence-electron chi connectivity index (χ1n) is 4.76. The molecule has 0 unspecified atom stereocenters. The molecule has 0 radical (unpaired) electrons. The fraction of sp³-hybridized carbons (Fsp3) is 0.300. The van der Waals surface area contributed by atoms with Crippen molar-refractivity contribution in [1.82, 2.24) is 10.3 Å². The van der Waals surface area contributed by atoms with Gasteiger partial charge >= 0.3 is 5.97 Å². The Bertz CT molecular complexity index is 438. The molecule has 0 aliphatic carbocycles. The molecule has 1 heterocycles. The fourth-order valence-electron chi connectivity index (χ4n) is 1.06. The normalized spacial score (nSPS) is 9.56. The van der Waals surface area contributed by atoms with Gasteiger partial charge in [-0.3, -0.25) is 14.4 Å². The standard InChI is InChI=1S/C10H12N2O4/c1-2-16-8(13)6-12-10(15)7-4-3-5-11-9(7)14/h3-5H,2,6H2,1H3,(H,11,14)(H,12,15). The van der Waals surface area contributed by atoms with Crippen LogP contribution in [-0.4, -0.2) is 30.0 Å². The van der Waals surface area contributed by atoms with Crippen LogP contribution in [0, 0.1) is 0 Å². The van der Waals surface area contributed by atoms with Crippen LogP contribution in [0.2, 0.25) is 0 Å². The molecule has 0 saturated heterocycles. The van der Waals surface area contributed by atoms with Crippen LogP contribution in [0.3, 0.4) is 0 Å². The van der Waals surface area contributed by atoms with Gasteiger partial charge in [-0.25, -0.2) is 0 Å². The minimum Gasteiger partial charge on any atom is -0.465 e. The number of rotatable bonds is 4. The first kappa shape index (κ1) is 12.0. The number of aromatic amines is 1. The van der Waals surface area contributed by atoms with Crippen molar-refractivity contribution in [2.24, 2.45) is 0 Å². The summed E-state index contributed by atoms with van der Waals surface area (Å²) < 4.78 is 4.62. The summed E-state index contributed by atoms with van der Waals surface area (Å²) in [7, 11) is 0. The number of hydrogen-bond donors (Lipinski definition) is 2. The van der Waals surface area contributed by atoms with Crippen molar-refractivity contribution >= 4 is 11.9 Å². The van der Waals surface area contributed by atoms with Gasteiger partial charge in [0.2, 0.25) is 0 Å². The Morgan fingerprint density at radius 3 is 2.88 bits per heavy atom. The van der Waals surface area contributed by atoms with E-state index in [0.717, 1.165) is 0 Å². The number of pyridine rings is 1. The maximum absolute atomic E-state index is 11.4. The summed E-state index contributed by atoms with van der Waals surface area (Å²) in [5.74, 6) is -1.14. The summed E-state index contributed by atoms with van der Waals surface area (Å²) in [5, 5.41) is 2.29. The molecule has 0 spiro atoms. The maximum atomic E-state index is 11.4. The van der Waals surface area contributed by atoms with Gasteiger partial charge in [-0.2, -0.15) is 0 Å². The Balaban J connectivity index is 2.57. The predicted octanol–water partition coefficient (Wildman–Crippen LogP) is -0.332. The molecule has 0 aliphatic rings. The van der Waals surface area contributed by atoms with Crippen LogP contribution >= 0.6 is 0 Å². The van der Waals surface area contributed by atoms with E-state index in [1.807, 2.05) is 0 Å². The van der Waals surface area contributed by atoms with Crippen LogP contribution in [0.25, 0.3) is 0 Å². The Hall–Kier alpha value is -2.11. The highest BCUT2D eigenvalue weighted by Crippen LogP contribution is 1.88. The molecular formula is C10H12N2O4. The number of aromatic nitrogens is 1. The quantitative estimate of drug-likeness (QED) is 0.685. The van der Waals surface area contributed by atoms with E-state index in [1.54, 1.807) is 6.92 Å². The van der Waals surface area contributed by atoms with E-state index in [-0.39, 0.29) is 18.7 Å². The molecule has 0 aromatic carbocycles. The summed E-state index contributed by atoms with van der Waals surface area (Å²) in [6.45, 7) is 1.67. The molecular weight excluding hydrogens is 212 g/mol. The molecule has 1 aromatic heterocycles. The molecule has 2 N–H and O–H groups in total. The van der Waals surface area contributed by atoms with Crippen molar-refractivity contribution < 1.29 is 14.3 Å². The van der Waals surface area contributed by atoms with Gasteiger partial charge in [0.05, 0.1) is 6.61 Å². The largest absolute Gasteiger partial charge is 0.465 e.